The Labute approximate surface area is 183 Å². The molecule has 0 bridgehead atoms. The highest BCUT2D eigenvalue weighted by Crippen LogP contribution is 2.40. The van der Waals surface area contributed by atoms with Crippen molar-refractivity contribution in [2.75, 3.05) is 44.5 Å². The second kappa shape index (κ2) is 8.42. The predicted octanol–water partition coefficient (Wildman–Crippen LogP) is 3.80. The standard InChI is InChI=1S/C25H30N2O4/c1-18-4-6-21(27-10-2-3-11-27)20(14-18)24(28)26-16-25(8-12-29-13-9-25)19-5-7-22-23(15-19)31-17-30-22/h4-7,14-15H,2-3,8-13,16-17H2,1H3,(H,26,28). The van der Waals surface area contributed by atoms with Gasteiger partial charge in [0, 0.05) is 44.0 Å². The van der Waals surface area contributed by atoms with E-state index in [1.165, 1.54) is 18.4 Å². The van der Waals surface area contributed by atoms with Gasteiger partial charge in [-0.15, -0.1) is 0 Å². The highest BCUT2D eigenvalue weighted by Gasteiger charge is 2.36. The first kappa shape index (κ1) is 20.2. The van der Waals surface area contributed by atoms with Crippen molar-refractivity contribution in [1.29, 1.82) is 0 Å². The smallest absolute Gasteiger partial charge is 0.253 e. The van der Waals surface area contributed by atoms with Gasteiger partial charge in [-0.1, -0.05) is 17.7 Å². The van der Waals surface area contributed by atoms with Crippen LogP contribution in [-0.4, -0.2) is 45.5 Å². The minimum atomic E-state index is -0.174. The molecular formula is C25H30N2O4. The molecule has 2 aromatic carbocycles. The number of hydrogen-bond acceptors (Lipinski definition) is 5. The summed E-state index contributed by atoms with van der Waals surface area (Å²) in [4.78, 5) is 15.7. The van der Waals surface area contributed by atoms with Crippen LogP contribution in [0.4, 0.5) is 5.69 Å². The fourth-order valence-corrected chi connectivity index (χ4v) is 4.97. The number of carbonyl (C=O) groups excluding carboxylic acids is 1. The highest BCUT2D eigenvalue weighted by atomic mass is 16.7. The molecule has 3 heterocycles. The molecule has 0 aliphatic carbocycles. The van der Waals surface area contributed by atoms with Gasteiger partial charge in [0.15, 0.2) is 11.5 Å². The van der Waals surface area contributed by atoms with Crippen molar-refractivity contribution in [1.82, 2.24) is 5.32 Å². The number of rotatable bonds is 5. The molecule has 0 saturated carbocycles. The molecule has 164 valence electrons. The lowest BCUT2D eigenvalue weighted by Crippen LogP contribution is -2.44. The SMILES string of the molecule is Cc1ccc(N2CCCC2)c(C(=O)NCC2(c3ccc4c(c3)OCO4)CCOCC2)c1. The summed E-state index contributed by atoms with van der Waals surface area (Å²) in [6.45, 7) is 6.28. The zero-order chi connectivity index (χ0) is 21.3. The molecule has 2 saturated heterocycles. The minimum Gasteiger partial charge on any atom is -0.454 e. The van der Waals surface area contributed by atoms with E-state index in [0.717, 1.165) is 54.2 Å². The lowest BCUT2D eigenvalue weighted by molar-refractivity contribution is 0.0486. The third kappa shape index (κ3) is 3.97. The van der Waals surface area contributed by atoms with Gasteiger partial charge in [-0.2, -0.15) is 0 Å². The summed E-state index contributed by atoms with van der Waals surface area (Å²) >= 11 is 0. The number of fused-ring (bicyclic) bond motifs is 1. The average molecular weight is 423 g/mol. The van der Waals surface area contributed by atoms with Gasteiger partial charge in [0.2, 0.25) is 6.79 Å². The zero-order valence-corrected chi connectivity index (χ0v) is 18.1. The summed E-state index contributed by atoms with van der Waals surface area (Å²) in [5.74, 6) is 1.56. The van der Waals surface area contributed by atoms with E-state index in [1.54, 1.807) is 0 Å². The molecule has 0 radical (unpaired) electrons. The van der Waals surface area contributed by atoms with E-state index in [-0.39, 0.29) is 18.1 Å². The fraction of sp³-hybridized carbons (Fsp3) is 0.480. The van der Waals surface area contributed by atoms with Gasteiger partial charge in [-0.05, 0) is 62.4 Å². The lowest BCUT2D eigenvalue weighted by atomic mass is 9.74. The Morgan fingerprint density at radius 2 is 1.81 bits per heavy atom. The van der Waals surface area contributed by atoms with Gasteiger partial charge in [0.05, 0.1) is 5.56 Å². The molecule has 6 nitrogen and oxygen atoms in total. The van der Waals surface area contributed by atoms with Crippen molar-refractivity contribution < 1.29 is 19.0 Å². The molecule has 0 aromatic heterocycles. The first-order valence-electron chi connectivity index (χ1n) is 11.3. The molecule has 0 spiro atoms. The number of benzene rings is 2. The van der Waals surface area contributed by atoms with E-state index in [0.29, 0.717) is 19.8 Å². The topological polar surface area (TPSA) is 60.0 Å². The molecule has 2 aromatic rings. The molecule has 0 unspecified atom stereocenters. The maximum atomic E-state index is 13.4. The van der Waals surface area contributed by atoms with Crippen LogP contribution in [-0.2, 0) is 10.2 Å². The van der Waals surface area contributed by atoms with Crippen LogP contribution in [0.5, 0.6) is 11.5 Å². The molecule has 31 heavy (non-hydrogen) atoms. The number of aryl methyl sites for hydroxylation is 1. The van der Waals surface area contributed by atoms with Crippen LogP contribution < -0.4 is 19.7 Å². The van der Waals surface area contributed by atoms with Crippen LogP contribution in [0.1, 0.15) is 47.2 Å². The normalized spacial score (nSPS) is 19.5. The first-order valence-corrected chi connectivity index (χ1v) is 11.3. The molecule has 2 fully saturated rings. The van der Waals surface area contributed by atoms with Gasteiger partial charge in [-0.25, -0.2) is 0 Å². The van der Waals surface area contributed by atoms with Crippen molar-refractivity contribution in [3.63, 3.8) is 0 Å². The van der Waals surface area contributed by atoms with E-state index in [1.807, 2.05) is 19.1 Å². The van der Waals surface area contributed by atoms with E-state index < -0.39 is 0 Å². The van der Waals surface area contributed by atoms with Gasteiger partial charge in [0.1, 0.15) is 0 Å². The van der Waals surface area contributed by atoms with E-state index >= 15 is 0 Å². The summed E-state index contributed by atoms with van der Waals surface area (Å²) in [7, 11) is 0. The van der Waals surface area contributed by atoms with Gasteiger partial charge < -0.3 is 24.4 Å². The number of carbonyl (C=O) groups is 1. The zero-order valence-electron chi connectivity index (χ0n) is 18.1. The quantitative estimate of drug-likeness (QED) is 0.794. The van der Waals surface area contributed by atoms with E-state index in [9.17, 15) is 4.79 Å². The van der Waals surface area contributed by atoms with Crippen LogP contribution in [0.2, 0.25) is 0 Å². The number of nitrogens with one attached hydrogen (secondary N) is 1. The predicted molar refractivity (Wildman–Crippen MR) is 119 cm³/mol. The van der Waals surface area contributed by atoms with Crippen molar-refractivity contribution in [3.05, 3.63) is 53.1 Å². The van der Waals surface area contributed by atoms with Crippen molar-refractivity contribution >= 4 is 11.6 Å². The monoisotopic (exact) mass is 422 g/mol. The van der Waals surface area contributed by atoms with Crippen LogP contribution in [0.15, 0.2) is 36.4 Å². The molecule has 3 aliphatic heterocycles. The summed E-state index contributed by atoms with van der Waals surface area (Å²) < 4.78 is 16.7. The maximum absolute atomic E-state index is 13.4. The Kier molecular flexibility index (Phi) is 5.48. The largest absolute Gasteiger partial charge is 0.454 e. The summed E-state index contributed by atoms with van der Waals surface area (Å²) in [6.07, 6.45) is 4.09. The molecule has 1 N–H and O–H groups in total. The van der Waals surface area contributed by atoms with Crippen molar-refractivity contribution in [2.45, 2.75) is 38.0 Å². The molecule has 1 amide bonds. The molecule has 6 heteroatoms. The molecule has 0 atom stereocenters. The van der Waals surface area contributed by atoms with Gasteiger partial charge in [0.25, 0.3) is 5.91 Å². The highest BCUT2D eigenvalue weighted by molar-refractivity contribution is 6.00. The second-order valence-electron chi connectivity index (χ2n) is 8.86. The van der Waals surface area contributed by atoms with E-state index in [2.05, 4.69) is 34.5 Å². The Balaban J connectivity index is 1.39. The average Bonchev–Trinajstić information content (AvgIpc) is 3.49. The van der Waals surface area contributed by atoms with Crippen LogP contribution >= 0.6 is 0 Å². The Morgan fingerprint density at radius 1 is 1.03 bits per heavy atom. The molecular weight excluding hydrogens is 392 g/mol. The Bertz CT molecular complexity index is 962. The summed E-state index contributed by atoms with van der Waals surface area (Å²) in [6, 6.07) is 12.4. The van der Waals surface area contributed by atoms with E-state index in [4.69, 9.17) is 14.2 Å². The number of amides is 1. The number of nitrogens with zero attached hydrogens (tertiary/aromatic N) is 1. The summed E-state index contributed by atoms with van der Waals surface area (Å²) in [5, 5.41) is 3.27. The number of anilines is 1. The maximum Gasteiger partial charge on any atom is 0.253 e. The van der Waals surface area contributed by atoms with Crippen LogP contribution in [0.25, 0.3) is 0 Å². The Hall–Kier alpha value is -2.73. The first-order chi connectivity index (χ1) is 15.1. The van der Waals surface area contributed by atoms with Crippen LogP contribution in [0, 0.1) is 6.92 Å². The summed E-state index contributed by atoms with van der Waals surface area (Å²) in [5.41, 5.74) is 3.92. The third-order valence-corrected chi connectivity index (χ3v) is 6.87. The van der Waals surface area contributed by atoms with Gasteiger partial charge in [-0.3, -0.25) is 4.79 Å². The fourth-order valence-electron chi connectivity index (χ4n) is 4.97. The van der Waals surface area contributed by atoms with Crippen molar-refractivity contribution in [2.24, 2.45) is 0 Å². The number of hydrogen-bond donors (Lipinski definition) is 1. The Morgan fingerprint density at radius 3 is 2.61 bits per heavy atom. The minimum absolute atomic E-state index is 0.00258. The third-order valence-electron chi connectivity index (χ3n) is 6.87. The van der Waals surface area contributed by atoms with Gasteiger partial charge >= 0.3 is 0 Å². The molecule has 3 aliphatic rings. The molecule has 5 rings (SSSR count). The van der Waals surface area contributed by atoms with Crippen molar-refractivity contribution in [3.8, 4) is 11.5 Å². The lowest BCUT2D eigenvalue weighted by Gasteiger charge is -2.38. The second-order valence-corrected chi connectivity index (χ2v) is 8.86. The van der Waals surface area contributed by atoms with Crippen LogP contribution in [0.3, 0.4) is 0 Å². The number of ether oxygens (including phenoxy) is 3.